The summed E-state index contributed by atoms with van der Waals surface area (Å²) in [5.74, 6) is -2.40. The molecule has 1 saturated heterocycles. The number of carbonyl (C=O) groups is 1. The molecule has 1 aliphatic heterocycles. The number of aromatic amines is 1. The van der Waals surface area contributed by atoms with Crippen molar-refractivity contribution in [2.24, 2.45) is 5.92 Å². The Hall–Kier alpha value is -3.26. The lowest BCUT2D eigenvalue weighted by atomic mass is 9.76. The zero-order valence-corrected chi connectivity index (χ0v) is 20.2. The van der Waals surface area contributed by atoms with E-state index in [2.05, 4.69) is 27.8 Å². The van der Waals surface area contributed by atoms with Gasteiger partial charge in [-0.2, -0.15) is 5.10 Å². The van der Waals surface area contributed by atoms with Gasteiger partial charge in [-0.05, 0) is 80.7 Å². The van der Waals surface area contributed by atoms with Crippen molar-refractivity contribution in [2.75, 3.05) is 13.2 Å². The van der Waals surface area contributed by atoms with Crippen LogP contribution in [-0.4, -0.2) is 39.1 Å². The molecule has 8 heteroatoms. The lowest BCUT2D eigenvalue weighted by molar-refractivity contribution is -0.142. The van der Waals surface area contributed by atoms with Crippen LogP contribution in [-0.2, 0) is 9.53 Å². The molecule has 0 bridgehead atoms. The highest BCUT2D eigenvalue weighted by Crippen LogP contribution is 2.48. The van der Waals surface area contributed by atoms with Gasteiger partial charge in [-0.25, -0.2) is 8.78 Å². The van der Waals surface area contributed by atoms with Crippen molar-refractivity contribution >= 4 is 27.8 Å². The second-order valence-corrected chi connectivity index (χ2v) is 10.2. The second-order valence-electron chi connectivity index (χ2n) is 10.2. The SMILES string of the molecule is Cc1c2[nH]ncc2cc2c1c(C1CCC(C(=O)O)CC1)c(C1CCOCC1)n2-c1ccc(F)c(F)c1. The van der Waals surface area contributed by atoms with Gasteiger partial charge in [0.05, 0.1) is 23.1 Å². The molecule has 1 saturated carbocycles. The Labute approximate surface area is 207 Å². The van der Waals surface area contributed by atoms with Gasteiger partial charge in [-0.15, -0.1) is 0 Å². The molecule has 0 spiro atoms. The van der Waals surface area contributed by atoms with Gasteiger partial charge in [-0.1, -0.05) is 0 Å². The van der Waals surface area contributed by atoms with E-state index in [0.717, 1.165) is 58.7 Å². The van der Waals surface area contributed by atoms with Crippen LogP contribution >= 0.6 is 0 Å². The van der Waals surface area contributed by atoms with Gasteiger partial charge in [0, 0.05) is 47.4 Å². The third kappa shape index (κ3) is 3.70. The van der Waals surface area contributed by atoms with E-state index in [1.807, 2.05) is 0 Å². The zero-order valence-electron chi connectivity index (χ0n) is 20.2. The number of rotatable bonds is 4. The Kier molecular flexibility index (Phi) is 5.79. The van der Waals surface area contributed by atoms with Crippen LogP contribution in [0.5, 0.6) is 0 Å². The van der Waals surface area contributed by atoms with Crippen LogP contribution in [0, 0.1) is 24.5 Å². The molecule has 2 aromatic heterocycles. The monoisotopic (exact) mass is 493 g/mol. The smallest absolute Gasteiger partial charge is 0.306 e. The highest BCUT2D eigenvalue weighted by Gasteiger charge is 2.35. The van der Waals surface area contributed by atoms with E-state index in [-0.39, 0.29) is 17.8 Å². The van der Waals surface area contributed by atoms with Crippen LogP contribution in [0.3, 0.4) is 0 Å². The number of nitrogens with one attached hydrogen (secondary N) is 1. The second kappa shape index (κ2) is 9.00. The Morgan fingerprint density at radius 3 is 2.50 bits per heavy atom. The maximum Gasteiger partial charge on any atom is 0.306 e. The van der Waals surface area contributed by atoms with Gasteiger partial charge < -0.3 is 14.4 Å². The van der Waals surface area contributed by atoms with Crippen LogP contribution in [0.25, 0.3) is 27.5 Å². The van der Waals surface area contributed by atoms with Crippen molar-refractivity contribution in [1.29, 1.82) is 0 Å². The first kappa shape index (κ1) is 23.2. The number of halogens is 2. The highest BCUT2D eigenvalue weighted by molar-refractivity contribution is 6.02. The lowest BCUT2D eigenvalue weighted by Gasteiger charge is -2.31. The normalized spacial score (nSPS) is 21.4. The number of carboxylic acid groups (broad SMARTS) is 1. The van der Waals surface area contributed by atoms with Crippen LogP contribution in [0.4, 0.5) is 8.78 Å². The van der Waals surface area contributed by atoms with Crippen molar-refractivity contribution < 1.29 is 23.4 Å². The van der Waals surface area contributed by atoms with Gasteiger partial charge in [0.1, 0.15) is 0 Å². The van der Waals surface area contributed by atoms with Crippen LogP contribution in [0.1, 0.15) is 67.2 Å². The molecule has 2 aromatic carbocycles. The number of aromatic nitrogens is 3. The predicted octanol–water partition coefficient (Wildman–Crippen LogP) is 6.35. The van der Waals surface area contributed by atoms with Gasteiger partial charge in [-0.3, -0.25) is 9.89 Å². The third-order valence-electron chi connectivity index (χ3n) is 8.25. The molecule has 2 fully saturated rings. The van der Waals surface area contributed by atoms with Crippen LogP contribution < -0.4 is 0 Å². The summed E-state index contributed by atoms with van der Waals surface area (Å²) in [4.78, 5) is 11.6. The molecule has 0 unspecified atom stereocenters. The van der Waals surface area contributed by atoms with Crippen molar-refractivity contribution in [3.8, 4) is 5.69 Å². The minimum absolute atomic E-state index is 0.187. The number of H-pyrrole nitrogens is 1. The third-order valence-corrected chi connectivity index (χ3v) is 8.25. The number of benzene rings is 2. The first-order valence-electron chi connectivity index (χ1n) is 12.7. The first-order chi connectivity index (χ1) is 17.4. The number of hydrogen-bond acceptors (Lipinski definition) is 3. The summed E-state index contributed by atoms with van der Waals surface area (Å²) < 4.78 is 36.3. The minimum Gasteiger partial charge on any atom is -0.481 e. The van der Waals surface area contributed by atoms with E-state index in [9.17, 15) is 18.7 Å². The number of ether oxygens (including phenoxy) is 1. The molecule has 6 rings (SSSR count). The van der Waals surface area contributed by atoms with Gasteiger partial charge in [0.2, 0.25) is 0 Å². The Balaban J connectivity index is 1.66. The van der Waals surface area contributed by atoms with E-state index in [0.29, 0.717) is 31.7 Å². The average molecular weight is 494 g/mol. The van der Waals surface area contributed by atoms with Gasteiger partial charge >= 0.3 is 5.97 Å². The summed E-state index contributed by atoms with van der Waals surface area (Å²) >= 11 is 0. The lowest BCUT2D eigenvalue weighted by Crippen LogP contribution is -2.23. The fourth-order valence-corrected chi connectivity index (χ4v) is 6.45. The maximum atomic E-state index is 14.5. The largest absolute Gasteiger partial charge is 0.481 e. The molecular weight excluding hydrogens is 464 g/mol. The van der Waals surface area contributed by atoms with Crippen molar-refractivity contribution in [1.82, 2.24) is 14.8 Å². The Bertz CT molecular complexity index is 1460. The summed E-state index contributed by atoms with van der Waals surface area (Å²) in [6.07, 6.45) is 6.31. The molecule has 1 aliphatic carbocycles. The number of carboxylic acids is 1. The molecule has 188 valence electrons. The van der Waals surface area contributed by atoms with E-state index in [1.165, 1.54) is 17.7 Å². The summed E-state index contributed by atoms with van der Waals surface area (Å²) in [6, 6.07) is 6.18. The molecule has 0 atom stereocenters. The molecule has 6 nitrogen and oxygen atoms in total. The summed E-state index contributed by atoms with van der Waals surface area (Å²) in [5.41, 5.74) is 5.92. The summed E-state index contributed by atoms with van der Waals surface area (Å²) in [6.45, 7) is 3.39. The summed E-state index contributed by atoms with van der Waals surface area (Å²) in [5, 5.41) is 19.0. The van der Waals surface area contributed by atoms with Crippen LogP contribution in [0.15, 0.2) is 30.5 Å². The summed E-state index contributed by atoms with van der Waals surface area (Å²) in [7, 11) is 0. The molecule has 2 N–H and O–H groups in total. The van der Waals surface area contributed by atoms with E-state index >= 15 is 0 Å². The Morgan fingerprint density at radius 1 is 1.06 bits per heavy atom. The molecule has 3 heterocycles. The van der Waals surface area contributed by atoms with Crippen molar-refractivity contribution in [2.45, 2.75) is 57.3 Å². The number of fused-ring (bicyclic) bond motifs is 2. The average Bonchev–Trinajstić information content (AvgIpc) is 3.50. The van der Waals surface area contributed by atoms with E-state index in [4.69, 9.17) is 4.74 Å². The fraction of sp³-hybridized carbons (Fsp3) is 0.429. The molecule has 36 heavy (non-hydrogen) atoms. The molecule has 0 amide bonds. The predicted molar refractivity (Wildman–Crippen MR) is 133 cm³/mol. The molecule has 0 radical (unpaired) electrons. The van der Waals surface area contributed by atoms with Crippen molar-refractivity contribution in [3.63, 3.8) is 0 Å². The topological polar surface area (TPSA) is 80.1 Å². The van der Waals surface area contributed by atoms with E-state index < -0.39 is 17.6 Å². The van der Waals surface area contributed by atoms with E-state index in [1.54, 1.807) is 12.3 Å². The zero-order chi connectivity index (χ0) is 25.0. The number of aryl methyl sites for hydroxylation is 1. The number of nitrogens with zero attached hydrogens (tertiary/aromatic N) is 2. The van der Waals surface area contributed by atoms with Gasteiger partial charge in [0.25, 0.3) is 0 Å². The minimum atomic E-state index is -0.878. The first-order valence-corrected chi connectivity index (χ1v) is 12.7. The highest BCUT2D eigenvalue weighted by atomic mass is 19.2. The fourth-order valence-electron chi connectivity index (χ4n) is 6.45. The molecular formula is C28H29F2N3O3. The van der Waals surface area contributed by atoms with Crippen LogP contribution in [0.2, 0.25) is 0 Å². The standard InChI is InChI=1S/C28H29F2N3O3/c1-15-24-23(12-19-14-31-32-26(15)19)33(20-6-7-21(29)22(30)13-20)27(17-8-10-36-11-9-17)25(24)16-2-4-18(5-3-16)28(34)35/h6-7,12-14,16-18H,2-5,8-11H2,1H3,(H,31,32)(H,34,35). The van der Waals surface area contributed by atoms with Crippen molar-refractivity contribution in [3.05, 3.63) is 58.9 Å². The number of hydrogen-bond donors (Lipinski definition) is 2. The maximum absolute atomic E-state index is 14.5. The molecule has 4 aromatic rings. The molecule has 2 aliphatic rings. The van der Waals surface area contributed by atoms with Gasteiger partial charge in [0.15, 0.2) is 11.6 Å². The Morgan fingerprint density at radius 2 is 1.81 bits per heavy atom. The quantitative estimate of drug-likeness (QED) is 0.347. The number of aliphatic carboxylic acids is 1.